The Bertz CT molecular complexity index is 562. The monoisotopic (exact) mass is 289 g/mol. The van der Waals surface area contributed by atoms with E-state index in [9.17, 15) is 0 Å². The molecule has 2 heterocycles. The van der Waals surface area contributed by atoms with Gasteiger partial charge in [0, 0.05) is 13.2 Å². The first kappa shape index (κ1) is 13.9. The first-order valence-corrected chi connectivity index (χ1v) is 7.17. The van der Waals surface area contributed by atoms with Gasteiger partial charge in [0.1, 0.15) is 12.4 Å². The summed E-state index contributed by atoms with van der Waals surface area (Å²) in [5, 5.41) is 6.80. The van der Waals surface area contributed by atoms with Crippen molar-refractivity contribution in [3.8, 4) is 5.75 Å². The van der Waals surface area contributed by atoms with Gasteiger partial charge in [0.25, 0.3) is 0 Å². The smallest absolute Gasteiger partial charge is 0.321 e. The van der Waals surface area contributed by atoms with E-state index in [0.717, 1.165) is 30.8 Å². The lowest BCUT2D eigenvalue weighted by Gasteiger charge is -2.11. The van der Waals surface area contributed by atoms with Gasteiger partial charge in [-0.3, -0.25) is 0 Å². The number of anilines is 1. The van der Waals surface area contributed by atoms with Crippen molar-refractivity contribution in [1.29, 1.82) is 0 Å². The maximum Gasteiger partial charge on any atom is 0.321 e. The van der Waals surface area contributed by atoms with E-state index in [-0.39, 0.29) is 6.10 Å². The molecule has 1 atom stereocenters. The van der Waals surface area contributed by atoms with E-state index in [1.54, 1.807) is 6.92 Å². The Kier molecular flexibility index (Phi) is 4.35. The number of aryl methyl sites for hydroxylation is 1. The van der Waals surface area contributed by atoms with Crippen LogP contribution >= 0.6 is 0 Å². The van der Waals surface area contributed by atoms with Gasteiger partial charge in [0.15, 0.2) is 5.82 Å². The van der Waals surface area contributed by atoms with Crippen molar-refractivity contribution < 1.29 is 14.0 Å². The number of ether oxygens (including phenoxy) is 2. The predicted molar refractivity (Wildman–Crippen MR) is 77.3 cm³/mol. The second-order valence-electron chi connectivity index (χ2n) is 5.09. The molecular weight excluding hydrogens is 270 g/mol. The van der Waals surface area contributed by atoms with Crippen LogP contribution in [0.4, 0.5) is 6.01 Å². The highest BCUT2D eigenvalue weighted by Gasteiger charge is 2.15. The Balaban J connectivity index is 1.46. The largest absolute Gasteiger partial charge is 0.491 e. The molecule has 0 spiro atoms. The van der Waals surface area contributed by atoms with Crippen molar-refractivity contribution in [2.24, 2.45) is 0 Å². The summed E-state index contributed by atoms with van der Waals surface area (Å²) in [7, 11) is 0. The minimum absolute atomic E-state index is 0.243. The number of hydrogen-bond donors (Lipinski definition) is 1. The SMILES string of the molecule is Cc1noc(NCc2ccc(OCC3CCCO3)cc2)n1. The lowest BCUT2D eigenvalue weighted by atomic mass is 10.2. The Labute approximate surface area is 123 Å². The molecule has 6 heteroatoms. The van der Waals surface area contributed by atoms with Crippen molar-refractivity contribution in [1.82, 2.24) is 10.1 Å². The minimum atomic E-state index is 0.243. The first-order chi connectivity index (χ1) is 10.3. The van der Waals surface area contributed by atoms with Crippen LogP contribution in [0.15, 0.2) is 28.8 Å². The number of rotatable bonds is 6. The summed E-state index contributed by atoms with van der Waals surface area (Å²) in [4.78, 5) is 4.09. The molecule has 1 aromatic heterocycles. The highest BCUT2D eigenvalue weighted by atomic mass is 16.5. The summed E-state index contributed by atoms with van der Waals surface area (Å²) in [5.41, 5.74) is 1.12. The average molecular weight is 289 g/mol. The van der Waals surface area contributed by atoms with Crippen molar-refractivity contribution in [2.75, 3.05) is 18.5 Å². The highest BCUT2D eigenvalue weighted by Crippen LogP contribution is 2.17. The van der Waals surface area contributed by atoms with Crippen LogP contribution in [0.2, 0.25) is 0 Å². The van der Waals surface area contributed by atoms with E-state index in [1.165, 1.54) is 0 Å². The maximum atomic E-state index is 5.72. The number of hydrogen-bond acceptors (Lipinski definition) is 6. The second-order valence-corrected chi connectivity index (χ2v) is 5.09. The van der Waals surface area contributed by atoms with E-state index in [2.05, 4.69) is 15.5 Å². The quantitative estimate of drug-likeness (QED) is 0.881. The van der Waals surface area contributed by atoms with Crippen molar-refractivity contribution in [2.45, 2.75) is 32.4 Å². The summed E-state index contributed by atoms with van der Waals surface area (Å²) in [5.74, 6) is 1.48. The van der Waals surface area contributed by atoms with Gasteiger partial charge in [-0.05, 0) is 37.5 Å². The zero-order valence-electron chi connectivity index (χ0n) is 12.0. The van der Waals surface area contributed by atoms with E-state index >= 15 is 0 Å². The molecule has 1 saturated heterocycles. The van der Waals surface area contributed by atoms with Gasteiger partial charge < -0.3 is 19.3 Å². The fraction of sp³-hybridized carbons (Fsp3) is 0.467. The predicted octanol–water partition coefficient (Wildman–Crippen LogP) is 2.55. The Morgan fingerprint density at radius 3 is 2.86 bits per heavy atom. The number of aromatic nitrogens is 2. The lowest BCUT2D eigenvalue weighted by molar-refractivity contribution is 0.0679. The van der Waals surface area contributed by atoms with Gasteiger partial charge in [0.05, 0.1) is 6.10 Å². The van der Waals surface area contributed by atoms with Crippen molar-refractivity contribution >= 4 is 6.01 Å². The molecule has 3 rings (SSSR count). The van der Waals surface area contributed by atoms with Crippen LogP contribution in [0.1, 0.15) is 24.2 Å². The zero-order valence-corrected chi connectivity index (χ0v) is 12.0. The molecule has 112 valence electrons. The lowest BCUT2D eigenvalue weighted by Crippen LogP contribution is -2.16. The maximum absolute atomic E-state index is 5.72. The third kappa shape index (κ3) is 3.95. The van der Waals surface area contributed by atoms with Gasteiger partial charge in [-0.25, -0.2) is 0 Å². The van der Waals surface area contributed by atoms with Crippen LogP contribution in [-0.2, 0) is 11.3 Å². The fourth-order valence-electron chi connectivity index (χ4n) is 2.22. The molecular formula is C15H19N3O3. The van der Waals surface area contributed by atoms with Gasteiger partial charge in [-0.2, -0.15) is 4.98 Å². The van der Waals surface area contributed by atoms with Crippen LogP contribution in [-0.4, -0.2) is 29.5 Å². The van der Waals surface area contributed by atoms with Crippen molar-refractivity contribution in [3.05, 3.63) is 35.7 Å². The summed E-state index contributed by atoms with van der Waals surface area (Å²) < 4.78 is 16.2. The standard InChI is InChI=1S/C15H19N3O3/c1-11-17-15(21-18-11)16-9-12-4-6-13(7-5-12)20-10-14-3-2-8-19-14/h4-7,14H,2-3,8-10H2,1H3,(H,16,17,18). The summed E-state index contributed by atoms with van der Waals surface area (Å²) >= 11 is 0. The third-order valence-corrected chi connectivity index (χ3v) is 3.35. The molecule has 0 bridgehead atoms. The van der Waals surface area contributed by atoms with Crippen LogP contribution in [0.25, 0.3) is 0 Å². The van der Waals surface area contributed by atoms with Crippen LogP contribution < -0.4 is 10.1 Å². The molecule has 2 aromatic rings. The fourth-order valence-corrected chi connectivity index (χ4v) is 2.22. The molecule has 1 aliphatic heterocycles. The number of nitrogens with zero attached hydrogens (tertiary/aromatic N) is 2. The molecule has 1 N–H and O–H groups in total. The molecule has 6 nitrogen and oxygen atoms in total. The molecule has 0 amide bonds. The summed E-state index contributed by atoms with van der Waals surface area (Å²) in [6.07, 6.45) is 2.46. The Hall–Kier alpha value is -2.08. The van der Waals surface area contributed by atoms with Gasteiger partial charge >= 0.3 is 6.01 Å². The van der Waals surface area contributed by atoms with E-state index < -0.39 is 0 Å². The van der Waals surface area contributed by atoms with Gasteiger partial charge in [-0.15, -0.1) is 0 Å². The zero-order chi connectivity index (χ0) is 14.5. The molecule has 0 radical (unpaired) electrons. The molecule has 1 unspecified atom stereocenters. The van der Waals surface area contributed by atoms with E-state index in [1.807, 2.05) is 24.3 Å². The molecule has 1 aromatic carbocycles. The molecule has 0 aliphatic carbocycles. The average Bonchev–Trinajstić information content (AvgIpc) is 3.15. The molecule has 1 fully saturated rings. The van der Waals surface area contributed by atoms with E-state index in [4.69, 9.17) is 14.0 Å². The van der Waals surface area contributed by atoms with Crippen LogP contribution in [0, 0.1) is 6.92 Å². The van der Waals surface area contributed by atoms with Crippen molar-refractivity contribution in [3.63, 3.8) is 0 Å². The minimum Gasteiger partial charge on any atom is -0.491 e. The summed E-state index contributed by atoms with van der Waals surface area (Å²) in [6, 6.07) is 8.39. The second kappa shape index (κ2) is 6.58. The highest BCUT2D eigenvalue weighted by molar-refractivity contribution is 5.30. The first-order valence-electron chi connectivity index (χ1n) is 7.17. The number of benzene rings is 1. The Morgan fingerprint density at radius 1 is 1.33 bits per heavy atom. The number of nitrogens with one attached hydrogen (secondary N) is 1. The Morgan fingerprint density at radius 2 is 2.19 bits per heavy atom. The third-order valence-electron chi connectivity index (χ3n) is 3.35. The normalized spacial score (nSPS) is 17.9. The topological polar surface area (TPSA) is 69.4 Å². The van der Waals surface area contributed by atoms with Crippen LogP contribution in [0.5, 0.6) is 5.75 Å². The van der Waals surface area contributed by atoms with Gasteiger partial charge in [0.2, 0.25) is 0 Å². The van der Waals surface area contributed by atoms with Crippen LogP contribution in [0.3, 0.4) is 0 Å². The molecule has 1 aliphatic rings. The van der Waals surface area contributed by atoms with E-state index in [0.29, 0.717) is 25.0 Å². The molecule has 0 saturated carbocycles. The van der Waals surface area contributed by atoms with Gasteiger partial charge in [-0.1, -0.05) is 17.3 Å². The summed E-state index contributed by atoms with van der Waals surface area (Å²) in [6.45, 7) is 3.90. The molecule has 21 heavy (non-hydrogen) atoms.